The Bertz CT molecular complexity index is 538. The maximum atomic E-state index is 4.69. The lowest BCUT2D eigenvalue weighted by Gasteiger charge is -2.05. The molecule has 0 amide bonds. The van der Waals surface area contributed by atoms with Crippen LogP contribution in [0.15, 0.2) is 17.5 Å². The second kappa shape index (κ2) is 5.47. The summed E-state index contributed by atoms with van der Waals surface area (Å²) in [6.45, 7) is 6.27. The van der Waals surface area contributed by atoms with E-state index in [0.29, 0.717) is 0 Å². The number of hydrogen-bond donors (Lipinski definition) is 1. The van der Waals surface area contributed by atoms with E-state index in [1.807, 2.05) is 11.3 Å². The van der Waals surface area contributed by atoms with Gasteiger partial charge < -0.3 is 5.32 Å². The molecule has 3 nitrogen and oxygen atoms in total. The SMILES string of the molecule is Cc1nn(CCc2cccs2)c(C)c1CNC1CC1. The predicted molar refractivity (Wildman–Crippen MR) is 79.6 cm³/mol. The van der Waals surface area contributed by atoms with E-state index in [4.69, 9.17) is 0 Å². The Hall–Kier alpha value is -1.13. The summed E-state index contributed by atoms with van der Waals surface area (Å²) in [6, 6.07) is 5.08. The summed E-state index contributed by atoms with van der Waals surface area (Å²) in [7, 11) is 0. The van der Waals surface area contributed by atoms with Crippen LogP contribution in [0.1, 0.15) is 34.7 Å². The first kappa shape index (κ1) is 12.9. The van der Waals surface area contributed by atoms with Crippen molar-refractivity contribution in [1.29, 1.82) is 0 Å². The number of rotatable bonds is 6. The van der Waals surface area contributed by atoms with Gasteiger partial charge in [0, 0.05) is 41.7 Å². The number of nitrogens with one attached hydrogen (secondary N) is 1. The van der Waals surface area contributed by atoms with E-state index in [1.165, 1.54) is 34.7 Å². The molecule has 2 heterocycles. The van der Waals surface area contributed by atoms with Crippen LogP contribution in [-0.4, -0.2) is 15.8 Å². The van der Waals surface area contributed by atoms with Gasteiger partial charge >= 0.3 is 0 Å². The molecular formula is C15H21N3S. The van der Waals surface area contributed by atoms with Crippen LogP contribution < -0.4 is 5.32 Å². The van der Waals surface area contributed by atoms with Crippen molar-refractivity contribution in [3.8, 4) is 0 Å². The van der Waals surface area contributed by atoms with Gasteiger partial charge in [0.15, 0.2) is 0 Å². The van der Waals surface area contributed by atoms with E-state index in [9.17, 15) is 0 Å². The lowest BCUT2D eigenvalue weighted by atomic mass is 10.2. The highest BCUT2D eigenvalue weighted by molar-refractivity contribution is 7.09. The fourth-order valence-electron chi connectivity index (χ4n) is 2.41. The van der Waals surface area contributed by atoms with Crippen LogP contribution in [-0.2, 0) is 19.5 Å². The molecule has 1 fully saturated rings. The van der Waals surface area contributed by atoms with Gasteiger partial charge in [-0.3, -0.25) is 4.68 Å². The van der Waals surface area contributed by atoms with Crippen molar-refractivity contribution in [3.63, 3.8) is 0 Å². The highest BCUT2D eigenvalue weighted by atomic mass is 32.1. The Morgan fingerprint density at radius 2 is 2.26 bits per heavy atom. The van der Waals surface area contributed by atoms with Gasteiger partial charge in [-0.15, -0.1) is 11.3 Å². The van der Waals surface area contributed by atoms with Gasteiger partial charge in [0.25, 0.3) is 0 Å². The minimum atomic E-state index is 0.758. The highest BCUT2D eigenvalue weighted by Gasteiger charge is 2.21. The van der Waals surface area contributed by atoms with Crippen molar-refractivity contribution >= 4 is 11.3 Å². The average molecular weight is 275 g/mol. The maximum Gasteiger partial charge on any atom is 0.0641 e. The van der Waals surface area contributed by atoms with Crippen LogP contribution >= 0.6 is 11.3 Å². The third-order valence-electron chi connectivity index (χ3n) is 3.83. The average Bonchev–Trinajstić information content (AvgIpc) is 2.99. The molecule has 4 heteroatoms. The van der Waals surface area contributed by atoms with Crippen LogP contribution in [0, 0.1) is 13.8 Å². The summed E-state index contributed by atoms with van der Waals surface area (Å²) in [5.41, 5.74) is 3.89. The van der Waals surface area contributed by atoms with Gasteiger partial charge in [0.05, 0.1) is 5.69 Å². The largest absolute Gasteiger partial charge is 0.310 e. The van der Waals surface area contributed by atoms with E-state index >= 15 is 0 Å². The van der Waals surface area contributed by atoms with E-state index < -0.39 is 0 Å². The molecule has 0 aliphatic heterocycles. The Labute approximate surface area is 118 Å². The summed E-state index contributed by atoms with van der Waals surface area (Å²) in [4.78, 5) is 1.44. The van der Waals surface area contributed by atoms with E-state index in [2.05, 4.69) is 46.5 Å². The monoisotopic (exact) mass is 275 g/mol. The first-order valence-corrected chi connectivity index (χ1v) is 7.90. The normalized spacial score (nSPS) is 15.1. The molecule has 0 bridgehead atoms. The van der Waals surface area contributed by atoms with Crippen LogP contribution in [0.2, 0.25) is 0 Å². The zero-order chi connectivity index (χ0) is 13.2. The third kappa shape index (κ3) is 3.07. The molecule has 0 radical (unpaired) electrons. The Morgan fingerprint density at radius 1 is 1.42 bits per heavy atom. The Kier molecular flexibility index (Phi) is 3.71. The first-order chi connectivity index (χ1) is 9.24. The third-order valence-corrected chi connectivity index (χ3v) is 4.76. The summed E-state index contributed by atoms with van der Waals surface area (Å²) < 4.78 is 2.17. The molecule has 19 heavy (non-hydrogen) atoms. The quantitative estimate of drug-likeness (QED) is 0.878. The molecule has 0 spiro atoms. The summed E-state index contributed by atoms with van der Waals surface area (Å²) in [5.74, 6) is 0. The fraction of sp³-hybridized carbons (Fsp3) is 0.533. The fourth-order valence-corrected chi connectivity index (χ4v) is 3.11. The van der Waals surface area contributed by atoms with Crippen molar-refractivity contribution in [3.05, 3.63) is 39.3 Å². The van der Waals surface area contributed by atoms with Gasteiger partial charge in [-0.2, -0.15) is 5.10 Å². The molecule has 3 rings (SSSR count). The molecule has 0 saturated heterocycles. The molecule has 2 aromatic rings. The van der Waals surface area contributed by atoms with Gasteiger partial charge in [-0.05, 0) is 38.1 Å². The Balaban J connectivity index is 1.65. The number of nitrogens with zero attached hydrogens (tertiary/aromatic N) is 2. The molecule has 1 N–H and O–H groups in total. The summed E-state index contributed by atoms with van der Waals surface area (Å²) >= 11 is 1.83. The molecule has 1 aliphatic rings. The minimum absolute atomic E-state index is 0.758. The van der Waals surface area contributed by atoms with Crippen LogP contribution in [0.3, 0.4) is 0 Å². The number of hydrogen-bond acceptors (Lipinski definition) is 3. The molecule has 102 valence electrons. The van der Waals surface area contributed by atoms with Crippen molar-refractivity contribution in [2.24, 2.45) is 0 Å². The molecule has 0 atom stereocenters. The van der Waals surface area contributed by atoms with Crippen molar-refractivity contribution in [2.75, 3.05) is 0 Å². The highest BCUT2D eigenvalue weighted by Crippen LogP contribution is 2.21. The number of thiophene rings is 1. The Morgan fingerprint density at radius 3 is 2.95 bits per heavy atom. The molecule has 1 aliphatic carbocycles. The standard InChI is InChI=1S/C15H21N3S/c1-11-15(10-16-13-5-6-13)12(2)18(17-11)8-7-14-4-3-9-19-14/h3-4,9,13,16H,5-8,10H2,1-2H3. The molecular weight excluding hydrogens is 254 g/mol. The van der Waals surface area contributed by atoms with Gasteiger partial charge in [-0.25, -0.2) is 0 Å². The zero-order valence-electron chi connectivity index (χ0n) is 11.6. The second-order valence-electron chi connectivity index (χ2n) is 5.36. The van der Waals surface area contributed by atoms with Crippen molar-refractivity contribution < 1.29 is 0 Å². The lowest BCUT2D eigenvalue weighted by Crippen LogP contribution is -2.16. The van der Waals surface area contributed by atoms with E-state index in [1.54, 1.807) is 0 Å². The predicted octanol–water partition coefficient (Wildman–Crippen LogP) is 3.06. The van der Waals surface area contributed by atoms with Crippen LogP contribution in [0.4, 0.5) is 0 Å². The molecule has 0 unspecified atom stereocenters. The lowest BCUT2D eigenvalue weighted by molar-refractivity contribution is 0.595. The topological polar surface area (TPSA) is 29.9 Å². The number of aromatic nitrogens is 2. The molecule has 0 aromatic carbocycles. The van der Waals surface area contributed by atoms with E-state index in [-0.39, 0.29) is 0 Å². The zero-order valence-corrected chi connectivity index (χ0v) is 12.5. The molecule has 1 saturated carbocycles. The van der Waals surface area contributed by atoms with Crippen molar-refractivity contribution in [1.82, 2.24) is 15.1 Å². The van der Waals surface area contributed by atoms with E-state index in [0.717, 1.165) is 25.6 Å². The maximum absolute atomic E-state index is 4.69. The summed E-state index contributed by atoms with van der Waals surface area (Å²) in [6.07, 6.45) is 3.75. The first-order valence-electron chi connectivity index (χ1n) is 7.02. The van der Waals surface area contributed by atoms with Crippen molar-refractivity contribution in [2.45, 2.75) is 52.2 Å². The van der Waals surface area contributed by atoms with Gasteiger partial charge in [0.2, 0.25) is 0 Å². The van der Waals surface area contributed by atoms with Gasteiger partial charge in [0.1, 0.15) is 0 Å². The molecule has 2 aromatic heterocycles. The van der Waals surface area contributed by atoms with Gasteiger partial charge in [-0.1, -0.05) is 6.07 Å². The second-order valence-corrected chi connectivity index (χ2v) is 6.39. The van der Waals surface area contributed by atoms with Crippen LogP contribution in [0.25, 0.3) is 0 Å². The minimum Gasteiger partial charge on any atom is -0.310 e. The van der Waals surface area contributed by atoms with Crippen LogP contribution in [0.5, 0.6) is 0 Å². The smallest absolute Gasteiger partial charge is 0.0641 e. The summed E-state index contributed by atoms with van der Waals surface area (Å²) in [5, 5.41) is 10.4. The number of aryl methyl sites for hydroxylation is 3.